The third-order valence-electron chi connectivity index (χ3n) is 3.96. The Labute approximate surface area is 128 Å². The fourth-order valence-corrected chi connectivity index (χ4v) is 3.09. The number of thioether (sulfide) groups is 1. The van der Waals surface area contributed by atoms with Crippen LogP contribution in [0.1, 0.15) is 25.3 Å². The second-order valence-electron chi connectivity index (χ2n) is 5.62. The second-order valence-corrected chi connectivity index (χ2v) is 6.76. The molecule has 0 bridgehead atoms. The Bertz CT molecular complexity index is 447. The van der Waals surface area contributed by atoms with Gasteiger partial charge in [0.15, 0.2) is 0 Å². The van der Waals surface area contributed by atoms with E-state index in [2.05, 4.69) is 24.2 Å². The standard InChI is InChI=1S/C15H21F3N2S/c1-11-9-13(7-8-20(11)2)19-10-12-3-5-14(6-4-12)21-15(16,17)18/h3-6,11,13,19H,7-10H2,1-2H3. The lowest BCUT2D eigenvalue weighted by Gasteiger charge is -2.35. The van der Waals surface area contributed by atoms with E-state index in [1.54, 1.807) is 12.1 Å². The number of halogens is 3. The number of piperidine rings is 1. The van der Waals surface area contributed by atoms with E-state index in [0.717, 1.165) is 24.9 Å². The van der Waals surface area contributed by atoms with Gasteiger partial charge in [-0.15, -0.1) is 0 Å². The molecular formula is C15H21F3N2S. The van der Waals surface area contributed by atoms with Crippen LogP contribution in [-0.2, 0) is 6.54 Å². The number of nitrogens with zero attached hydrogens (tertiary/aromatic N) is 1. The molecule has 0 amide bonds. The largest absolute Gasteiger partial charge is 0.446 e. The van der Waals surface area contributed by atoms with Gasteiger partial charge in [0.25, 0.3) is 0 Å². The highest BCUT2D eigenvalue weighted by Crippen LogP contribution is 2.36. The van der Waals surface area contributed by atoms with Gasteiger partial charge in [-0.2, -0.15) is 13.2 Å². The van der Waals surface area contributed by atoms with Crippen LogP contribution in [0, 0.1) is 0 Å². The molecule has 1 saturated heterocycles. The Balaban J connectivity index is 1.81. The van der Waals surface area contributed by atoms with E-state index < -0.39 is 5.51 Å². The monoisotopic (exact) mass is 318 g/mol. The van der Waals surface area contributed by atoms with Gasteiger partial charge in [-0.1, -0.05) is 12.1 Å². The SMILES string of the molecule is CC1CC(NCc2ccc(SC(F)(F)F)cc2)CCN1C. The normalized spacial score (nSPS) is 24.2. The van der Waals surface area contributed by atoms with Crippen molar-refractivity contribution < 1.29 is 13.2 Å². The number of nitrogens with one attached hydrogen (secondary N) is 1. The molecule has 0 saturated carbocycles. The Morgan fingerprint density at radius 2 is 1.95 bits per heavy atom. The van der Waals surface area contributed by atoms with Crippen molar-refractivity contribution in [1.29, 1.82) is 0 Å². The fraction of sp³-hybridized carbons (Fsp3) is 0.600. The average Bonchev–Trinajstić information content (AvgIpc) is 2.40. The first-order chi connectivity index (χ1) is 9.83. The molecule has 21 heavy (non-hydrogen) atoms. The van der Waals surface area contributed by atoms with Crippen molar-refractivity contribution in [1.82, 2.24) is 10.2 Å². The van der Waals surface area contributed by atoms with Crippen molar-refractivity contribution in [2.45, 2.75) is 48.8 Å². The lowest BCUT2D eigenvalue weighted by molar-refractivity contribution is -0.0328. The summed E-state index contributed by atoms with van der Waals surface area (Å²) in [6.07, 6.45) is 2.22. The lowest BCUT2D eigenvalue weighted by atomic mass is 9.99. The summed E-state index contributed by atoms with van der Waals surface area (Å²) in [6, 6.07) is 7.65. The summed E-state index contributed by atoms with van der Waals surface area (Å²) in [4.78, 5) is 2.58. The van der Waals surface area contributed by atoms with E-state index in [1.165, 1.54) is 12.1 Å². The molecule has 0 aliphatic carbocycles. The maximum Gasteiger partial charge on any atom is 0.446 e. The van der Waals surface area contributed by atoms with Crippen LogP contribution in [-0.4, -0.2) is 36.1 Å². The molecule has 1 heterocycles. The third kappa shape index (κ3) is 5.52. The van der Waals surface area contributed by atoms with E-state index >= 15 is 0 Å². The molecule has 2 atom stereocenters. The van der Waals surface area contributed by atoms with Crippen LogP contribution in [0.15, 0.2) is 29.2 Å². The molecule has 1 aromatic carbocycles. The topological polar surface area (TPSA) is 15.3 Å². The molecular weight excluding hydrogens is 297 g/mol. The van der Waals surface area contributed by atoms with Gasteiger partial charge < -0.3 is 10.2 Å². The molecule has 6 heteroatoms. The first-order valence-electron chi connectivity index (χ1n) is 7.12. The van der Waals surface area contributed by atoms with Crippen molar-refractivity contribution in [2.24, 2.45) is 0 Å². The van der Waals surface area contributed by atoms with Crippen LogP contribution >= 0.6 is 11.8 Å². The Morgan fingerprint density at radius 1 is 1.29 bits per heavy atom. The molecule has 1 fully saturated rings. The van der Waals surface area contributed by atoms with E-state index in [9.17, 15) is 13.2 Å². The number of likely N-dealkylation sites (tertiary alicyclic amines) is 1. The Morgan fingerprint density at radius 3 is 2.52 bits per heavy atom. The predicted octanol–water partition coefficient (Wildman–Crippen LogP) is 3.87. The first-order valence-corrected chi connectivity index (χ1v) is 7.93. The van der Waals surface area contributed by atoms with Crippen LogP contribution in [0.3, 0.4) is 0 Å². The molecule has 0 spiro atoms. The van der Waals surface area contributed by atoms with E-state index in [4.69, 9.17) is 0 Å². The van der Waals surface area contributed by atoms with Gasteiger partial charge in [0.1, 0.15) is 0 Å². The van der Waals surface area contributed by atoms with Crippen molar-refractivity contribution in [2.75, 3.05) is 13.6 Å². The van der Waals surface area contributed by atoms with Gasteiger partial charge in [0.05, 0.1) is 0 Å². The fourth-order valence-electron chi connectivity index (χ4n) is 2.55. The van der Waals surface area contributed by atoms with Gasteiger partial charge in [-0.25, -0.2) is 0 Å². The summed E-state index contributed by atoms with van der Waals surface area (Å²) in [5.41, 5.74) is -3.20. The van der Waals surface area contributed by atoms with Crippen LogP contribution < -0.4 is 5.32 Å². The first kappa shape index (κ1) is 16.6. The molecule has 0 aromatic heterocycles. The van der Waals surface area contributed by atoms with Crippen molar-refractivity contribution in [3.8, 4) is 0 Å². The summed E-state index contributed by atoms with van der Waals surface area (Å²) in [6.45, 7) is 4.01. The molecule has 0 radical (unpaired) electrons. The molecule has 1 aliphatic heterocycles. The van der Waals surface area contributed by atoms with Gasteiger partial charge in [0, 0.05) is 23.5 Å². The van der Waals surface area contributed by atoms with Crippen LogP contribution in [0.2, 0.25) is 0 Å². The minimum Gasteiger partial charge on any atom is -0.310 e. The maximum absolute atomic E-state index is 12.2. The Hall–Kier alpha value is -0.720. The number of alkyl halides is 3. The van der Waals surface area contributed by atoms with Gasteiger partial charge >= 0.3 is 5.51 Å². The minimum absolute atomic E-state index is 0.0698. The van der Waals surface area contributed by atoms with Crippen LogP contribution in [0.25, 0.3) is 0 Å². The van der Waals surface area contributed by atoms with Crippen LogP contribution in [0.4, 0.5) is 13.2 Å². The summed E-state index contributed by atoms with van der Waals surface area (Å²) in [5.74, 6) is 0. The zero-order valence-corrected chi connectivity index (χ0v) is 13.1. The Kier molecular flexibility index (Phi) is 5.57. The number of rotatable bonds is 4. The minimum atomic E-state index is -4.22. The molecule has 1 aromatic rings. The highest BCUT2D eigenvalue weighted by molar-refractivity contribution is 8.00. The highest BCUT2D eigenvalue weighted by Gasteiger charge is 2.29. The summed E-state index contributed by atoms with van der Waals surface area (Å²) in [7, 11) is 2.14. The summed E-state index contributed by atoms with van der Waals surface area (Å²) >= 11 is -0.0698. The smallest absolute Gasteiger partial charge is 0.310 e. The van der Waals surface area contributed by atoms with Crippen molar-refractivity contribution in [3.05, 3.63) is 29.8 Å². The van der Waals surface area contributed by atoms with Gasteiger partial charge in [-0.3, -0.25) is 0 Å². The van der Waals surface area contributed by atoms with Crippen molar-refractivity contribution >= 4 is 11.8 Å². The van der Waals surface area contributed by atoms with E-state index in [0.29, 0.717) is 18.6 Å². The molecule has 2 rings (SSSR count). The molecule has 1 N–H and O–H groups in total. The molecule has 118 valence electrons. The molecule has 2 unspecified atom stereocenters. The van der Waals surface area contributed by atoms with Crippen molar-refractivity contribution in [3.63, 3.8) is 0 Å². The quantitative estimate of drug-likeness (QED) is 0.849. The summed E-state index contributed by atoms with van der Waals surface area (Å²) in [5, 5.41) is 3.50. The third-order valence-corrected chi connectivity index (χ3v) is 4.70. The maximum atomic E-state index is 12.2. The predicted molar refractivity (Wildman–Crippen MR) is 80.3 cm³/mol. The molecule has 2 nitrogen and oxygen atoms in total. The van der Waals surface area contributed by atoms with E-state index in [1.807, 2.05) is 0 Å². The van der Waals surface area contributed by atoms with Crippen LogP contribution in [0.5, 0.6) is 0 Å². The lowest BCUT2D eigenvalue weighted by Crippen LogP contribution is -2.45. The van der Waals surface area contributed by atoms with E-state index in [-0.39, 0.29) is 16.7 Å². The number of hydrogen-bond donors (Lipinski definition) is 1. The highest BCUT2D eigenvalue weighted by atomic mass is 32.2. The number of hydrogen-bond acceptors (Lipinski definition) is 3. The number of benzene rings is 1. The second kappa shape index (κ2) is 7.03. The zero-order chi connectivity index (χ0) is 15.5. The average molecular weight is 318 g/mol. The van der Waals surface area contributed by atoms with Gasteiger partial charge in [-0.05, 0) is 62.8 Å². The summed E-state index contributed by atoms with van der Waals surface area (Å²) < 4.78 is 36.7. The van der Waals surface area contributed by atoms with Gasteiger partial charge in [0.2, 0.25) is 0 Å². The molecule has 1 aliphatic rings. The zero-order valence-electron chi connectivity index (χ0n) is 12.3.